The molecule has 0 fully saturated rings. The van der Waals surface area contributed by atoms with Gasteiger partial charge in [-0.25, -0.2) is 0 Å². The van der Waals surface area contributed by atoms with Crippen LogP contribution in [-0.2, 0) is 4.79 Å². The van der Waals surface area contributed by atoms with Crippen LogP contribution in [0.2, 0.25) is 0 Å². The number of benzene rings is 2. The molecule has 0 radical (unpaired) electrons. The van der Waals surface area contributed by atoms with Gasteiger partial charge in [0.05, 0.1) is 11.4 Å². The van der Waals surface area contributed by atoms with E-state index in [4.69, 9.17) is 0 Å². The van der Waals surface area contributed by atoms with Crippen molar-refractivity contribution < 1.29 is 4.79 Å². The lowest BCUT2D eigenvalue weighted by Gasteiger charge is -2.09. The first-order valence-corrected chi connectivity index (χ1v) is 6.50. The third-order valence-electron chi connectivity index (χ3n) is 3.27. The Morgan fingerprint density at radius 3 is 2.43 bits per heavy atom. The molecule has 21 heavy (non-hydrogen) atoms. The Hall–Kier alpha value is -1.98. The number of anilines is 1. The van der Waals surface area contributed by atoms with Gasteiger partial charge < -0.3 is 5.32 Å². The number of benzodiazepines with no additional fused rings is 1. The summed E-state index contributed by atoms with van der Waals surface area (Å²) in [5.41, 5.74) is 3.54. The molecule has 108 valence electrons. The molecular formula is C16H16BrN3O. The Bertz CT molecular complexity index is 670. The maximum Gasteiger partial charge on any atom is 0.263 e. The van der Waals surface area contributed by atoms with Gasteiger partial charge in [0, 0.05) is 11.1 Å². The Balaban J connectivity index is 0.00000161. The number of para-hydroxylation sites is 1. The van der Waals surface area contributed by atoms with Gasteiger partial charge in [0.15, 0.2) is 6.17 Å². The minimum atomic E-state index is -0.586. The molecular weight excluding hydrogens is 330 g/mol. The number of hydrogen-bond donors (Lipinski definition) is 2. The lowest BCUT2D eigenvalue weighted by molar-refractivity contribution is -0.117. The standard InChI is InChI=1S/C16H15N3O.BrH/c1-17-15-16(20)18-13-10-6-5-9-12(13)14(19-15)11-7-3-2-4-8-11;/h2-10,15,17H,1H3,(H,18,20);1H. The first kappa shape index (κ1) is 15.4. The minimum Gasteiger partial charge on any atom is -0.322 e. The summed E-state index contributed by atoms with van der Waals surface area (Å²) in [5.74, 6) is -0.147. The van der Waals surface area contributed by atoms with Crippen molar-refractivity contribution in [2.75, 3.05) is 12.4 Å². The van der Waals surface area contributed by atoms with E-state index in [0.717, 1.165) is 22.5 Å². The third-order valence-corrected chi connectivity index (χ3v) is 3.27. The summed E-state index contributed by atoms with van der Waals surface area (Å²) in [6.07, 6.45) is -0.586. The summed E-state index contributed by atoms with van der Waals surface area (Å²) in [5, 5.41) is 5.84. The molecule has 1 atom stereocenters. The molecule has 1 aliphatic rings. The smallest absolute Gasteiger partial charge is 0.263 e. The molecule has 5 heteroatoms. The molecule has 3 rings (SSSR count). The first-order chi connectivity index (χ1) is 9.79. The second-order valence-corrected chi connectivity index (χ2v) is 4.57. The third kappa shape index (κ3) is 3.04. The van der Waals surface area contributed by atoms with Crippen molar-refractivity contribution >= 4 is 34.3 Å². The number of carbonyl (C=O) groups is 1. The number of hydrogen-bond acceptors (Lipinski definition) is 3. The molecule has 0 spiro atoms. The lowest BCUT2D eigenvalue weighted by atomic mass is 10.0. The number of amides is 1. The van der Waals surface area contributed by atoms with Crippen molar-refractivity contribution in [3.05, 3.63) is 65.7 Å². The molecule has 0 saturated carbocycles. The maximum absolute atomic E-state index is 12.1. The number of fused-ring (bicyclic) bond motifs is 1. The van der Waals surface area contributed by atoms with Gasteiger partial charge in [0.2, 0.25) is 0 Å². The molecule has 1 aliphatic heterocycles. The van der Waals surface area contributed by atoms with Gasteiger partial charge in [-0.2, -0.15) is 0 Å². The van der Waals surface area contributed by atoms with Crippen LogP contribution in [-0.4, -0.2) is 24.8 Å². The molecule has 2 N–H and O–H groups in total. The lowest BCUT2D eigenvalue weighted by Crippen LogP contribution is -2.36. The van der Waals surface area contributed by atoms with Crippen molar-refractivity contribution in [2.24, 2.45) is 4.99 Å². The van der Waals surface area contributed by atoms with E-state index in [0.29, 0.717) is 0 Å². The van der Waals surface area contributed by atoms with E-state index < -0.39 is 6.17 Å². The fourth-order valence-electron chi connectivity index (χ4n) is 2.28. The predicted octanol–water partition coefficient (Wildman–Crippen LogP) is 2.60. The topological polar surface area (TPSA) is 53.5 Å². The van der Waals surface area contributed by atoms with E-state index in [1.807, 2.05) is 54.6 Å². The van der Waals surface area contributed by atoms with E-state index in [9.17, 15) is 4.79 Å². The fourth-order valence-corrected chi connectivity index (χ4v) is 2.28. The van der Waals surface area contributed by atoms with Gasteiger partial charge in [0.1, 0.15) is 0 Å². The Kier molecular flexibility index (Phi) is 4.88. The van der Waals surface area contributed by atoms with E-state index in [1.165, 1.54) is 0 Å². The highest BCUT2D eigenvalue weighted by Crippen LogP contribution is 2.23. The molecule has 4 nitrogen and oxygen atoms in total. The van der Waals surface area contributed by atoms with E-state index in [1.54, 1.807) is 7.05 Å². The van der Waals surface area contributed by atoms with Crippen molar-refractivity contribution in [3.63, 3.8) is 0 Å². The SMILES string of the molecule is Br.CNC1N=C(c2ccccc2)c2ccccc2NC1=O. The number of nitrogens with one attached hydrogen (secondary N) is 2. The summed E-state index contributed by atoms with van der Waals surface area (Å²) in [4.78, 5) is 16.7. The average molecular weight is 346 g/mol. The predicted molar refractivity (Wildman–Crippen MR) is 90.3 cm³/mol. The summed E-state index contributed by atoms with van der Waals surface area (Å²) in [6.45, 7) is 0. The van der Waals surface area contributed by atoms with E-state index in [2.05, 4.69) is 15.6 Å². The van der Waals surface area contributed by atoms with Crippen LogP contribution in [0.25, 0.3) is 0 Å². The summed E-state index contributed by atoms with van der Waals surface area (Å²) < 4.78 is 0. The number of likely N-dealkylation sites (N-methyl/N-ethyl adjacent to an activating group) is 1. The molecule has 0 aliphatic carbocycles. The number of halogens is 1. The van der Waals surface area contributed by atoms with Gasteiger partial charge in [-0.15, -0.1) is 17.0 Å². The zero-order valence-corrected chi connectivity index (χ0v) is 13.3. The van der Waals surface area contributed by atoms with Crippen LogP contribution in [0.15, 0.2) is 59.6 Å². The molecule has 0 aromatic heterocycles. The van der Waals surface area contributed by atoms with Crippen LogP contribution in [0.1, 0.15) is 11.1 Å². The van der Waals surface area contributed by atoms with Gasteiger partial charge in [-0.3, -0.25) is 15.1 Å². The van der Waals surface area contributed by atoms with Crippen LogP contribution in [0.3, 0.4) is 0 Å². The number of aliphatic imine (C=N–C) groups is 1. The van der Waals surface area contributed by atoms with Crippen LogP contribution in [0, 0.1) is 0 Å². The zero-order valence-electron chi connectivity index (χ0n) is 11.5. The Labute approximate surface area is 134 Å². The second kappa shape index (κ2) is 6.65. The highest BCUT2D eigenvalue weighted by molar-refractivity contribution is 8.93. The average Bonchev–Trinajstić information content (AvgIpc) is 2.64. The largest absolute Gasteiger partial charge is 0.322 e. The highest BCUT2D eigenvalue weighted by atomic mass is 79.9. The summed E-state index contributed by atoms with van der Waals surface area (Å²) in [6, 6.07) is 17.6. The Morgan fingerprint density at radius 1 is 1.05 bits per heavy atom. The highest BCUT2D eigenvalue weighted by Gasteiger charge is 2.23. The number of rotatable bonds is 2. The van der Waals surface area contributed by atoms with Crippen LogP contribution in [0.4, 0.5) is 5.69 Å². The maximum atomic E-state index is 12.1. The van der Waals surface area contributed by atoms with Crippen molar-refractivity contribution in [3.8, 4) is 0 Å². The molecule has 1 unspecified atom stereocenters. The van der Waals surface area contributed by atoms with Gasteiger partial charge in [-0.05, 0) is 13.1 Å². The monoisotopic (exact) mass is 345 g/mol. The Morgan fingerprint density at radius 2 is 1.71 bits per heavy atom. The number of carbonyl (C=O) groups excluding carboxylic acids is 1. The normalized spacial score (nSPS) is 16.9. The van der Waals surface area contributed by atoms with E-state index >= 15 is 0 Å². The van der Waals surface area contributed by atoms with Crippen LogP contribution in [0.5, 0.6) is 0 Å². The van der Waals surface area contributed by atoms with Crippen molar-refractivity contribution in [1.29, 1.82) is 0 Å². The summed E-state index contributed by atoms with van der Waals surface area (Å²) in [7, 11) is 1.73. The quantitative estimate of drug-likeness (QED) is 0.878. The minimum absolute atomic E-state index is 0. The van der Waals surface area contributed by atoms with E-state index in [-0.39, 0.29) is 22.9 Å². The van der Waals surface area contributed by atoms with Crippen molar-refractivity contribution in [1.82, 2.24) is 5.32 Å². The second-order valence-electron chi connectivity index (χ2n) is 4.57. The molecule has 1 amide bonds. The van der Waals surface area contributed by atoms with Gasteiger partial charge in [-0.1, -0.05) is 48.5 Å². The van der Waals surface area contributed by atoms with Crippen LogP contribution < -0.4 is 10.6 Å². The van der Waals surface area contributed by atoms with Crippen molar-refractivity contribution in [2.45, 2.75) is 6.17 Å². The fraction of sp³-hybridized carbons (Fsp3) is 0.125. The summed E-state index contributed by atoms with van der Waals surface area (Å²) >= 11 is 0. The molecule has 0 saturated heterocycles. The molecule has 2 aromatic carbocycles. The van der Waals surface area contributed by atoms with Crippen LogP contribution >= 0.6 is 17.0 Å². The van der Waals surface area contributed by atoms with Gasteiger partial charge >= 0.3 is 0 Å². The molecule has 1 heterocycles. The van der Waals surface area contributed by atoms with Gasteiger partial charge in [0.25, 0.3) is 5.91 Å². The zero-order chi connectivity index (χ0) is 13.9. The first-order valence-electron chi connectivity index (χ1n) is 6.50. The molecule has 2 aromatic rings. The molecule has 0 bridgehead atoms. The number of nitrogens with zero attached hydrogens (tertiary/aromatic N) is 1.